The van der Waals surface area contributed by atoms with Crippen molar-refractivity contribution in [2.75, 3.05) is 7.11 Å². The number of hydrogen-bond donors (Lipinski definition) is 0. The molecule has 0 spiro atoms. The van der Waals surface area contributed by atoms with Gasteiger partial charge in [0.15, 0.2) is 5.78 Å². The number of Topliss-reactive ketones (excluding diaryl/α,β-unsaturated/α-hetero) is 1. The zero-order valence-electron chi connectivity index (χ0n) is 15.9. The molecular formula is C23H24FNO3. The molecule has 2 aromatic carbocycles. The number of benzene rings is 2. The largest absolute Gasteiger partial charge is 0.468 e. The average Bonchev–Trinajstić information content (AvgIpc) is 3.03. The maximum atomic E-state index is 13.3. The maximum absolute atomic E-state index is 13.3. The summed E-state index contributed by atoms with van der Waals surface area (Å²) in [6.07, 6.45) is 2.26. The minimum absolute atomic E-state index is 0.0551. The quantitative estimate of drug-likeness (QED) is 0.587. The summed E-state index contributed by atoms with van der Waals surface area (Å²) >= 11 is 0. The molecule has 3 atom stereocenters. The summed E-state index contributed by atoms with van der Waals surface area (Å²) < 4.78 is 18.5. The van der Waals surface area contributed by atoms with Gasteiger partial charge in [0, 0.05) is 25.0 Å². The van der Waals surface area contributed by atoms with Crippen molar-refractivity contribution in [2.24, 2.45) is 5.41 Å². The molecule has 2 aliphatic heterocycles. The number of fused-ring (bicyclic) bond motifs is 2. The average molecular weight is 381 g/mol. The van der Waals surface area contributed by atoms with Gasteiger partial charge in [0.25, 0.3) is 0 Å². The second kappa shape index (κ2) is 7.47. The SMILES string of the molecule is COC(=O)C1(Cc2ccc(F)cc2)C(=O)CC2CCC1N2Cc1ccccc1. The van der Waals surface area contributed by atoms with E-state index in [-0.39, 0.29) is 30.1 Å². The number of hydrogen-bond acceptors (Lipinski definition) is 4. The lowest BCUT2D eigenvalue weighted by Gasteiger charge is -2.45. The Balaban J connectivity index is 1.71. The summed E-state index contributed by atoms with van der Waals surface area (Å²) in [5.41, 5.74) is 0.688. The number of nitrogens with zero attached hydrogens (tertiary/aromatic N) is 1. The molecule has 4 nitrogen and oxygen atoms in total. The van der Waals surface area contributed by atoms with Gasteiger partial charge in [0.05, 0.1) is 7.11 Å². The van der Waals surface area contributed by atoms with E-state index in [9.17, 15) is 14.0 Å². The molecule has 0 aliphatic carbocycles. The summed E-state index contributed by atoms with van der Waals surface area (Å²) in [6.45, 7) is 0.700. The van der Waals surface area contributed by atoms with Crippen LogP contribution in [0.4, 0.5) is 4.39 Å². The Bertz CT molecular complexity index is 867. The van der Waals surface area contributed by atoms with Gasteiger partial charge in [0.1, 0.15) is 11.2 Å². The fourth-order valence-corrected chi connectivity index (χ4v) is 4.95. The van der Waals surface area contributed by atoms with E-state index in [0.717, 1.165) is 24.0 Å². The van der Waals surface area contributed by atoms with Crippen molar-refractivity contribution in [1.29, 1.82) is 0 Å². The molecule has 0 aromatic heterocycles. The Hall–Kier alpha value is -2.53. The standard InChI is InChI=1S/C23H24FNO3/c1-28-22(27)23(14-16-7-9-18(24)10-8-16)20-12-11-19(13-21(23)26)25(20)15-17-5-3-2-4-6-17/h2-10,19-20H,11-15H2,1H3. The number of methoxy groups -OCH3 is 1. The molecule has 2 bridgehead atoms. The molecule has 2 saturated heterocycles. The van der Waals surface area contributed by atoms with E-state index >= 15 is 0 Å². The first-order valence-corrected chi connectivity index (χ1v) is 9.70. The van der Waals surface area contributed by atoms with Crippen LogP contribution in [-0.2, 0) is 27.3 Å². The summed E-state index contributed by atoms with van der Waals surface area (Å²) in [5.74, 6) is -0.872. The van der Waals surface area contributed by atoms with Gasteiger partial charge in [-0.15, -0.1) is 0 Å². The first kappa shape index (κ1) is 18.8. The number of piperidine rings is 1. The number of carbonyl (C=O) groups is 2. The van der Waals surface area contributed by atoms with Crippen LogP contribution in [0, 0.1) is 11.2 Å². The van der Waals surface area contributed by atoms with Crippen LogP contribution in [0.15, 0.2) is 54.6 Å². The van der Waals surface area contributed by atoms with E-state index < -0.39 is 11.4 Å². The maximum Gasteiger partial charge on any atom is 0.321 e. The zero-order chi connectivity index (χ0) is 19.7. The summed E-state index contributed by atoms with van der Waals surface area (Å²) in [4.78, 5) is 28.6. The van der Waals surface area contributed by atoms with E-state index in [1.165, 1.54) is 19.2 Å². The van der Waals surface area contributed by atoms with Crippen molar-refractivity contribution < 1.29 is 18.7 Å². The van der Waals surface area contributed by atoms with Gasteiger partial charge in [-0.1, -0.05) is 42.5 Å². The van der Waals surface area contributed by atoms with E-state index in [1.807, 2.05) is 18.2 Å². The second-order valence-electron chi connectivity index (χ2n) is 7.80. The lowest BCUT2D eigenvalue weighted by Crippen LogP contribution is -2.61. The number of rotatable bonds is 5. The van der Waals surface area contributed by atoms with Gasteiger partial charge in [-0.05, 0) is 42.5 Å². The molecule has 5 heteroatoms. The number of ketones is 1. The number of ether oxygens (including phenoxy) is 1. The predicted octanol–water partition coefficient (Wildman–Crippen LogP) is 3.53. The molecule has 3 unspecified atom stereocenters. The summed E-state index contributed by atoms with van der Waals surface area (Å²) in [7, 11) is 1.34. The number of halogens is 1. The Kier molecular flexibility index (Phi) is 5.02. The Morgan fingerprint density at radius 3 is 2.50 bits per heavy atom. The Labute approximate surface area is 164 Å². The van der Waals surface area contributed by atoms with Crippen molar-refractivity contribution in [2.45, 2.75) is 44.3 Å². The first-order valence-electron chi connectivity index (χ1n) is 9.70. The minimum atomic E-state index is -1.24. The van der Waals surface area contributed by atoms with Gasteiger partial charge in [0.2, 0.25) is 0 Å². The Morgan fingerprint density at radius 1 is 1.11 bits per heavy atom. The molecule has 2 aliphatic rings. The summed E-state index contributed by atoms with van der Waals surface area (Å²) in [5, 5.41) is 0. The molecule has 0 radical (unpaired) electrons. The highest BCUT2D eigenvalue weighted by molar-refractivity contribution is 6.06. The molecule has 146 valence electrons. The first-order chi connectivity index (χ1) is 13.5. The van der Waals surface area contributed by atoms with Gasteiger partial charge in [-0.3, -0.25) is 14.5 Å². The third-order valence-corrected chi connectivity index (χ3v) is 6.28. The lowest BCUT2D eigenvalue weighted by molar-refractivity contribution is -0.167. The number of carbonyl (C=O) groups excluding carboxylic acids is 2. The van der Waals surface area contributed by atoms with Gasteiger partial charge in [-0.2, -0.15) is 0 Å². The molecule has 2 heterocycles. The fraction of sp³-hybridized carbons (Fsp3) is 0.391. The fourth-order valence-electron chi connectivity index (χ4n) is 4.95. The highest BCUT2D eigenvalue weighted by Crippen LogP contribution is 2.48. The van der Waals surface area contributed by atoms with Crippen LogP contribution in [0.3, 0.4) is 0 Å². The smallest absolute Gasteiger partial charge is 0.321 e. The third kappa shape index (κ3) is 3.14. The van der Waals surface area contributed by atoms with Crippen molar-refractivity contribution >= 4 is 11.8 Å². The molecule has 2 fully saturated rings. The number of esters is 1. The van der Waals surface area contributed by atoms with E-state index in [1.54, 1.807) is 12.1 Å². The van der Waals surface area contributed by atoms with Crippen LogP contribution < -0.4 is 0 Å². The van der Waals surface area contributed by atoms with Crippen LogP contribution in [-0.4, -0.2) is 35.8 Å². The minimum Gasteiger partial charge on any atom is -0.468 e. The van der Waals surface area contributed by atoms with Gasteiger partial charge < -0.3 is 4.74 Å². The van der Waals surface area contributed by atoms with Crippen LogP contribution in [0.25, 0.3) is 0 Å². The van der Waals surface area contributed by atoms with Crippen LogP contribution in [0.5, 0.6) is 0 Å². The van der Waals surface area contributed by atoms with Crippen LogP contribution in [0.1, 0.15) is 30.4 Å². The molecule has 0 N–H and O–H groups in total. The zero-order valence-corrected chi connectivity index (χ0v) is 15.9. The molecule has 0 saturated carbocycles. The van der Waals surface area contributed by atoms with Crippen molar-refractivity contribution in [1.82, 2.24) is 4.90 Å². The monoisotopic (exact) mass is 381 g/mol. The topological polar surface area (TPSA) is 46.6 Å². The van der Waals surface area contributed by atoms with Gasteiger partial charge >= 0.3 is 5.97 Å². The molecular weight excluding hydrogens is 357 g/mol. The highest BCUT2D eigenvalue weighted by Gasteiger charge is 2.61. The third-order valence-electron chi connectivity index (χ3n) is 6.28. The van der Waals surface area contributed by atoms with E-state index in [4.69, 9.17) is 4.74 Å². The van der Waals surface area contributed by atoms with Crippen molar-refractivity contribution in [3.05, 3.63) is 71.5 Å². The van der Waals surface area contributed by atoms with E-state index in [0.29, 0.717) is 13.0 Å². The Morgan fingerprint density at radius 2 is 1.82 bits per heavy atom. The summed E-state index contributed by atoms with van der Waals surface area (Å²) in [6, 6.07) is 16.1. The lowest BCUT2D eigenvalue weighted by atomic mass is 9.68. The molecule has 4 rings (SSSR count). The molecule has 0 amide bonds. The van der Waals surface area contributed by atoms with E-state index in [2.05, 4.69) is 17.0 Å². The normalized spacial score (nSPS) is 27.0. The van der Waals surface area contributed by atoms with Crippen molar-refractivity contribution in [3.8, 4) is 0 Å². The van der Waals surface area contributed by atoms with Gasteiger partial charge in [-0.25, -0.2) is 4.39 Å². The van der Waals surface area contributed by atoms with Crippen molar-refractivity contribution in [3.63, 3.8) is 0 Å². The highest BCUT2D eigenvalue weighted by atomic mass is 19.1. The predicted molar refractivity (Wildman–Crippen MR) is 103 cm³/mol. The second-order valence-corrected chi connectivity index (χ2v) is 7.80. The van der Waals surface area contributed by atoms with Crippen LogP contribution in [0.2, 0.25) is 0 Å². The molecule has 2 aromatic rings. The molecule has 28 heavy (non-hydrogen) atoms. The van der Waals surface area contributed by atoms with Crippen LogP contribution >= 0.6 is 0 Å².